The zero-order chi connectivity index (χ0) is 16.4. The first-order valence-corrected chi connectivity index (χ1v) is 10.1. The number of rotatable bonds is 5. The van der Waals surface area contributed by atoms with Gasteiger partial charge in [0.1, 0.15) is 0 Å². The van der Waals surface area contributed by atoms with Crippen LogP contribution in [0.1, 0.15) is 63.0 Å². The molecule has 2 nitrogen and oxygen atoms in total. The summed E-state index contributed by atoms with van der Waals surface area (Å²) in [6.45, 7) is 17.2. The summed E-state index contributed by atoms with van der Waals surface area (Å²) in [5.41, 5.74) is 4.12. The van der Waals surface area contributed by atoms with Crippen LogP contribution in [0.4, 0.5) is 0 Å². The number of aryl methyl sites for hydroxylation is 2. The lowest BCUT2D eigenvalue weighted by Gasteiger charge is -2.41. The summed E-state index contributed by atoms with van der Waals surface area (Å²) in [5.74, 6) is -0.149. The zero-order valence-corrected chi connectivity index (χ0v) is 15.8. The Kier molecular flexibility index (Phi) is 5.80. The molecule has 3 heteroatoms. The average Bonchev–Trinajstić information content (AvgIpc) is 2.32. The molecule has 1 aromatic carbocycles. The third-order valence-electron chi connectivity index (χ3n) is 4.43. The maximum absolute atomic E-state index is 12.7. The van der Waals surface area contributed by atoms with Gasteiger partial charge in [0, 0.05) is 0 Å². The van der Waals surface area contributed by atoms with Crippen LogP contribution in [0.25, 0.3) is 0 Å². The molecule has 0 radical (unpaired) electrons. The van der Waals surface area contributed by atoms with Crippen molar-refractivity contribution in [3.8, 4) is 0 Å². The van der Waals surface area contributed by atoms with Gasteiger partial charge in [0.2, 0.25) is 0 Å². The number of hydrogen-bond donors (Lipinski definition) is 0. The van der Waals surface area contributed by atoms with Crippen molar-refractivity contribution in [1.82, 2.24) is 0 Å². The summed E-state index contributed by atoms with van der Waals surface area (Å²) in [6, 6.07) is 5.93. The fraction of sp³-hybridized carbons (Fsp3) is 0.611. The SMILES string of the molecule is Cc1cc(C)cc(C(=O)O[Si](C(C)C)(C(C)C)C(C)C)c1. The Balaban J connectivity index is 3.17. The number of carbonyl (C=O) groups is 1. The van der Waals surface area contributed by atoms with Crippen LogP contribution in [0.5, 0.6) is 0 Å². The van der Waals surface area contributed by atoms with E-state index in [2.05, 4.69) is 47.6 Å². The van der Waals surface area contributed by atoms with E-state index in [1.54, 1.807) is 0 Å². The van der Waals surface area contributed by atoms with Crippen LogP contribution in [0.15, 0.2) is 18.2 Å². The second-order valence-electron chi connectivity index (χ2n) is 7.08. The molecule has 0 spiro atoms. The van der Waals surface area contributed by atoms with Crippen LogP contribution >= 0.6 is 0 Å². The van der Waals surface area contributed by atoms with Gasteiger partial charge in [0.15, 0.2) is 0 Å². The normalized spacial score (nSPS) is 12.3. The first kappa shape index (κ1) is 18.0. The summed E-state index contributed by atoms with van der Waals surface area (Å²) in [6.07, 6.45) is 0. The van der Waals surface area contributed by atoms with Gasteiger partial charge in [-0.15, -0.1) is 0 Å². The lowest BCUT2D eigenvalue weighted by atomic mass is 10.1. The Bertz CT molecular complexity index is 462. The number of benzene rings is 1. The molecule has 0 aliphatic heterocycles. The molecule has 0 atom stereocenters. The molecule has 0 fully saturated rings. The number of hydrogen-bond acceptors (Lipinski definition) is 2. The van der Waals surface area contributed by atoms with E-state index in [1.165, 1.54) is 0 Å². The van der Waals surface area contributed by atoms with Crippen LogP contribution in [-0.4, -0.2) is 14.3 Å². The molecule has 0 saturated heterocycles. The van der Waals surface area contributed by atoms with Gasteiger partial charge in [0.05, 0.1) is 5.56 Å². The van der Waals surface area contributed by atoms with Crippen molar-refractivity contribution >= 4 is 14.3 Å². The van der Waals surface area contributed by atoms with Crippen molar-refractivity contribution in [2.45, 2.75) is 72.0 Å². The predicted molar refractivity (Wildman–Crippen MR) is 92.4 cm³/mol. The molecule has 1 rings (SSSR count). The average molecular weight is 307 g/mol. The van der Waals surface area contributed by atoms with Crippen LogP contribution in [0, 0.1) is 13.8 Å². The van der Waals surface area contributed by atoms with Crippen molar-refractivity contribution in [3.05, 3.63) is 34.9 Å². The molecule has 0 saturated carbocycles. The van der Waals surface area contributed by atoms with E-state index in [9.17, 15) is 4.79 Å². The van der Waals surface area contributed by atoms with Gasteiger partial charge in [-0.05, 0) is 42.6 Å². The Morgan fingerprint density at radius 2 is 1.24 bits per heavy atom. The van der Waals surface area contributed by atoms with E-state index < -0.39 is 8.32 Å². The van der Waals surface area contributed by atoms with Crippen LogP contribution < -0.4 is 0 Å². The molecule has 0 aliphatic carbocycles. The minimum Gasteiger partial charge on any atom is -0.515 e. The highest BCUT2D eigenvalue weighted by molar-refractivity contribution is 6.79. The Morgan fingerprint density at radius 3 is 1.57 bits per heavy atom. The third kappa shape index (κ3) is 3.76. The summed E-state index contributed by atoms with van der Waals surface area (Å²) < 4.78 is 6.22. The quantitative estimate of drug-likeness (QED) is 0.658. The lowest BCUT2D eigenvalue weighted by molar-refractivity contribution is 0.0704. The molecule has 0 aromatic heterocycles. The van der Waals surface area contributed by atoms with Crippen LogP contribution in [0.2, 0.25) is 16.6 Å². The van der Waals surface area contributed by atoms with Gasteiger partial charge >= 0.3 is 5.97 Å². The number of carbonyl (C=O) groups excluding carboxylic acids is 1. The molecule has 0 aliphatic rings. The van der Waals surface area contributed by atoms with Crippen molar-refractivity contribution < 1.29 is 9.22 Å². The Labute approximate surface area is 131 Å². The van der Waals surface area contributed by atoms with Gasteiger partial charge in [-0.2, -0.15) is 0 Å². The maximum atomic E-state index is 12.7. The molecule has 1 aromatic rings. The van der Waals surface area contributed by atoms with Crippen LogP contribution in [0.3, 0.4) is 0 Å². The van der Waals surface area contributed by atoms with Crippen LogP contribution in [-0.2, 0) is 4.43 Å². The summed E-state index contributed by atoms with van der Waals surface area (Å²) in [5, 5.41) is 0. The molecule has 21 heavy (non-hydrogen) atoms. The van der Waals surface area contributed by atoms with Gasteiger partial charge in [-0.25, -0.2) is 4.79 Å². The highest BCUT2D eigenvalue weighted by atomic mass is 28.4. The summed E-state index contributed by atoms with van der Waals surface area (Å²) in [4.78, 5) is 12.7. The first-order chi connectivity index (χ1) is 9.61. The highest BCUT2D eigenvalue weighted by Gasteiger charge is 2.48. The minimum absolute atomic E-state index is 0.149. The fourth-order valence-electron chi connectivity index (χ4n) is 3.67. The van der Waals surface area contributed by atoms with Gasteiger partial charge in [0.25, 0.3) is 8.32 Å². The lowest BCUT2D eigenvalue weighted by Crippen LogP contribution is -2.49. The maximum Gasteiger partial charge on any atom is 0.324 e. The van der Waals surface area contributed by atoms with Crippen molar-refractivity contribution in [2.75, 3.05) is 0 Å². The Hall–Kier alpha value is -1.09. The largest absolute Gasteiger partial charge is 0.515 e. The zero-order valence-electron chi connectivity index (χ0n) is 14.8. The molecular weight excluding hydrogens is 276 g/mol. The van der Waals surface area contributed by atoms with E-state index in [1.807, 2.05) is 26.0 Å². The predicted octanol–water partition coefficient (Wildman–Crippen LogP) is 5.64. The molecule has 0 heterocycles. The smallest absolute Gasteiger partial charge is 0.324 e. The van der Waals surface area contributed by atoms with Gasteiger partial charge < -0.3 is 4.43 Å². The topological polar surface area (TPSA) is 26.3 Å². The monoisotopic (exact) mass is 306 g/mol. The molecule has 0 unspecified atom stereocenters. The minimum atomic E-state index is -2.16. The molecular formula is C18H30O2Si. The standard InChI is InChI=1S/C18H30O2Si/c1-12(2)21(13(3)4,14(5)6)20-18(19)17-10-15(7)9-16(8)11-17/h9-14H,1-8H3. The van der Waals surface area contributed by atoms with E-state index in [-0.39, 0.29) is 5.97 Å². The molecule has 0 N–H and O–H groups in total. The molecule has 118 valence electrons. The van der Waals surface area contributed by atoms with E-state index in [0.717, 1.165) is 11.1 Å². The second kappa shape index (κ2) is 6.78. The first-order valence-electron chi connectivity index (χ1n) is 7.92. The Morgan fingerprint density at radius 1 is 0.857 bits per heavy atom. The summed E-state index contributed by atoms with van der Waals surface area (Å²) >= 11 is 0. The van der Waals surface area contributed by atoms with Crippen molar-refractivity contribution in [1.29, 1.82) is 0 Å². The summed E-state index contributed by atoms with van der Waals surface area (Å²) in [7, 11) is -2.16. The third-order valence-corrected chi connectivity index (χ3v) is 10.4. The fourth-order valence-corrected chi connectivity index (χ4v) is 8.81. The van der Waals surface area contributed by atoms with Gasteiger partial charge in [-0.1, -0.05) is 58.7 Å². The highest BCUT2D eigenvalue weighted by Crippen LogP contribution is 2.42. The molecule has 0 amide bonds. The van der Waals surface area contributed by atoms with E-state index >= 15 is 0 Å². The van der Waals surface area contributed by atoms with E-state index in [4.69, 9.17) is 4.43 Å². The second-order valence-corrected chi connectivity index (χ2v) is 12.5. The van der Waals surface area contributed by atoms with Crippen molar-refractivity contribution in [2.24, 2.45) is 0 Å². The van der Waals surface area contributed by atoms with Crippen molar-refractivity contribution in [3.63, 3.8) is 0 Å². The van der Waals surface area contributed by atoms with E-state index in [0.29, 0.717) is 22.2 Å². The van der Waals surface area contributed by atoms with Gasteiger partial charge in [-0.3, -0.25) is 0 Å². The molecule has 0 bridgehead atoms.